The SMILES string of the molecule is CCCCOc1ccc(NC(=O)Cn2ccccc2=O)c(C)c1. The van der Waals surface area contributed by atoms with E-state index in [1.165, 1.54) is 10.6 Å². The summed E-state index contributed by atoms with van der Waals surface area (Å²) in [6.45, 7) is 4.72. The van der Waals surface area contributed by atoms with Crippen LogP contribution in [0.5, 0.6) is 5.75 Å². The van der Waals surface area contributed by atoms with E-state index < -0.39 is 0 Å². The number of aryl methyl sites for hydroxylation is 1. The number of aromatic nitrogens is 1. The van der Waals surface area contributed by atoms with Crippen LogP contribution in [0.4, 0.5) is 5.69 Å². The van der Waals surface area contributed by atoms with Crippen LogP contribution in [0.15, 0.2) is 47.4 Å². The number of unbranched alkanes of at least 4 members (excludes halogenated alkanes) is 1. The van der Waals surface area contributed by atoms with Crippen LogP contribution in [0.2, 0.25) is 0 Å². The van der Waals surface area contributed by atoms with Gasteiger partial charge in [-0.2, -0.15) is 0 Å². The number of hydrogen-bond donors (Lipinski definition) is 1. The Kier molecular flexibility index (Phi) is 5.97. The molecule has 1 aromatic carbocycles. The smallest absolute Gasteiger partial charge is 0.250 e. The Morgan fingerprint density at radius 3 is 2.78 bits per heavy atom. The maximum Gasteiger partial charge on any atom is 0.250 e. The first-order valence-corrected chi connectivity index (χ1v) is 7.79. The Morgan fingerprint density at radius 1 is 1.26 bits per heavy atom. The topological polar surface area (TPSA) is 60.3 Å². The molecule has 1 heterocycles. The van der Waals surface area contributed by atoms with E-state index in [2.05, 4.69) is 12.2 Å². The Morgan fingerprint density at radius 2 is 2.09 bits per heavy atom. The van der Waals surface area contributed by atoms with Crippen molar-refractivity contribution in [3.63, 3.8) is 0 Å². The largest absolute Gasteiger partial charge is 0.494 e. The highest BCUT2D eigenvalue weighted by atomic mass is 16.5. The molecule has 1 N–H and O–H groups in total. The second-order valence-electron chi connectivity index (χ2n) is 5.39. The average molecular weight is 314 g/mol. The molecule has 0 aliphatic heterocycles. The minimum absolute atomic E-state index is 0.00609. The van der Waals surface area contributed by atoms with Crippen LogP contribution in [-0.4, -0.2) is 17.1 Å². The predicted molar refractivity (Wildman–Crippen MR) is 90.9 cm³/mol. The molecule has 0 saturated carbocycles. The molecule has 0 fully saturated rings. The van der Waals surface area contributed by atoms with Gasteiger partial charge in [-0.15, -0.1) is 0 Å². The third-order valence-electron chi connectivity index (χ3n) is 3.45. The standard InChI is InChI=1S/C18H22N2O3/c1-3-4-11-23-15-8-9-16(14(2)12-15)19-17(21)13-20-10-6-5-7-18(20)22/h5-10,12H,3-4,11,13H2,1-2H3,(H,19,21). The van der Waals surface area contributed by atoms with Crippen molar-refractivity contribution >= 4 is 11.6 Å². The lowest BCUT2D eigenvalue weighted by Gasteiger charge is -2.12. The molecule has 0 radical (unpaired) electrons. The van der Waals surface area contributed by atoms with Crippen molar-refractivity contribution in [3.8, 4) is 5.75 Å². The molecule has 0 atom stereocenters. The molecular formula is C18H22N2O3. The fourth-order valence-electron chi connectivity index (χ4n) is 2.14. The molecule has 23 heavy (non-hydrogen) atoms. The number of nitrogens with zero attached hydrogens (tertiary/aromatic N) is 1. The number of pyridine rings is 1. The highest BCUT2D eigenvalue weighted by Crippen LogP contribution is 2.21. The molecule has 5 heteroatoms. The van der Waals surface area contributed by atoms with Crippen LogP contribution >= 0.6 is 0 Å². The van der Waals surface area contributed by atoms with E-state index >= 15 is 0 Å². The summed E-state index contributed by atoms with van der Waals surface area (Å²) in [6, 6.07) is 10.4. The number of ether oxygens (including phenoxy) is 1. The van der Waals surface area contributed by atoms with Crippen molar-refractivity contribution in [1.82, 2.24) is 4.57 Å². The second-order valence-corrected chi connectivity index (χ2v) is 5.39. The van der Waals surface area contributed by atoms with Gasteiger partial charge in [0.05, 0.1) is 6.61 Å². The Labute approximate surface area is 135 Å². The normalized spacial score (nSPS) is 10.3. The zero-order valence-electron chi connectivity index (χ0n) is 13.5. The van der Waals surface area contributed by atoms with Crippen molar-refractivity contribution in [2.75, 3.05) is 11.9 Å². The number of hydrogen-bond acceptors (Lipinski definition) is 3. The molecule has 2 rings (SSSR count). The summed E-state index contributed by atoms with van der Waals surface area (Å²) in [6.07, 6.45) is 3.70. The molecule has 1 amide bonds. The maximum atomic E-state index is 12.1. The maximum absolute atomic E-state index is 12.1. The van der Waals surface area contributed by atoms with Gasteiger partial charge < -0.3 is 14.6 Å². The monoisotopic (exact) mass is 314 g/mol. The zero-order valence-corrected chi connectivity index (χ0v) is 13.5. The molecule has 0 aliphatic rings. The highest BCUT2D eigenvalue weighted by Gasteiger charge is 2.07. The van der Waals surface area contributed by atoms with Gasteiger partial charge in [0.2, 0.25) is 5.91 Å². The van der Waals surface area contributed by atoms with Gasteiger partial charge >= 0.3 is 0 Å². The fourth-order valence-corrected chi connectivity index (χ4v) is 2.14. The van der Waals surface area contributed by atoms with Crippen LogP contribution in [0, 0.1) is 6.92 Å². The van der Waals surface area contributed by atoms with Gasteiger partial charge in [0, 0.05) is 18.0 Å². The minimum Gasteiger partial charge on any atom is -0.494 e. The van der Waals surface area contributed by atoms with Crippen LogP contribution in [0.1, 0.15) is 25.3 Å². The summed E-state index contributed by atoms with van der Waals surface area (Å²) < 4.78 is 7.01. The number of carbonyl (C=O) groups is 1. The number of carbonyl (C=O) groups excluding carboxylic acids is 1. The second kappa shape index (κ2) is 8.17. The molecule has 122 valence electrons. The summed E-state index contributed by atoms with van der Waals surface area (Å²) in [4.78, 5) is 23.7. The third-order valence-corrected chi connectivity index (χ3v) is 3.45. The first kappa shape index (κ1) is 16.8. The summed E-state index contributed by atoms with van der Waals surface area (Å²) in [5.41, 5.74) is 1.45. The van der Waals surface area contributed by atoms with E-state index in [0.717, 1.165) is 29.8 Å². The summed E-state index contributed by atoms with van der Waals surface area (Å²) in [5, 5.41) is 2.83. The Bertz CT molecular complexity index is 722. The van der Waals surface area contributed by atoms with Crippen LogP contribution in [-0.2, 0) is 11.3 Å². The molecule has 0 aliphatic carbocycles. The van der Waals surface area contributed by atoms with Crippen molar-refractivity contribution in [1.29, 1.82) is 0 Å². The van der Waals surface area contributed by atoms with Crippen molar-refractivity contribution in [2.45, 2.75) is 33.2 Å². The van der Waals surface area contributed by atoms with Crippen molar-refractivity contribution in [3.05, 3.63) is 58.5 Å². The quantitative estimate of drug-likeness (QED) is 0.799. The Balaban J connectivity index is 1.98. The van der Waals surface area contributed by atoms with E-state index in [-0.39, 0.29) is 18.0 Å². The molecule has 0 spiro atoms. The summed E-state index contributed by atoms with van der Waals surface area (Å²) in [5.74, 6) is 0.564. The molecule has 0 bridgehead atoms. The van der Waals surface area contributed by atoms with Gasteiger partial charge in [-0.1, -0.05) is 19.4 Å². The summed E-state index contributed by atoms with van der Waals surface area (Å²) >= 11 is 0. The Hall–Kier alpha value is -2.56. The lowest BCUT2D eigenvalue weighted by molar-refractivity contribution is -0.116. The van der Waals surface area contributed by atoms with Crippen molar-refractivity contribution < 1.29 is 9.53 Å². The molecule has 2 aromatic rings. The van der Waals surface area contributed by atoms with Gasteiger partial charge in [-0.05, 0) is 43.2 Å². The zero-order chi connectivity index (χ0) is 16.7. The average Bonchev–Trinajstić information content (AvgIpc) is 2.52. The lowest BCUT2D eigenvalue weighted by atomic mass is 10.2. The van der Waals surface area contributed by atoms with Crippen molar-refractivity contribution in [2.24, 2.45) is 0 Å². The van der Waals surface area contributed by atoms with Crippen LogP contribution in [0.25, 0.3) is 0 Å². The van der Waals surface area contributed by atoms with Crippen LogP contribution in [0.3, 0.4) is 0 Å². The van der Waals surface area contributed by atoms with Gasteiger partial charge in [-0.3, -0.25) is 9.59 Å². The van der Waals surface area contributed by atoms with E-state index in [1.54, 1.807) is 18.3 Å². The van der Waals surface area contributed by atoms with E-state index in [1.807, 2.05) is 25.1 Å². The van der Waals surface area contributed by atoms with E-state index in [0.29, 0.717) is 6.61 Å². The molecule has 0 unspecified atom stereocenters. The molecule has 1 aromatic heterocycles. The number of nitrogens with one attached hydrogen (secondary N) is 1. The number of benzene rings is 1. The molecule has 0 saturated heterocycles. The minimum atomic E-state index is -0.235. The number of rotatable bonds is 7. The van der Waals surface area contributed by atoms with Gasteiger partial charge in [0.1, 0.15) is 12.3 Å². The van der Waals surface area contributed by atoms with E-state index in [9.17, 15) is 9.59 Å². The fraction of sp³-hybridized carbons (Fsp3) is 0.333. The number of anilines is 1. The van der Waals surface area contributed by atoms with E-state index in [4.69, 9.17) is 4.74 Å². The summed E-state index contributed by atoms with van der Waals surface area (Å²) in [7, 11) is 0. The lowest BCUT2D eigenvalue weighted by Crippen LogP contribution is -2.26. The first-order valence-electron chi connectivity index (χ1n) is 7.79. The molecule has 5 nitrogen and oxygen atoms in total. The number of amides is 1. The van der Waals surface area contributed by atoms with Gasteiger partial charge in [0.25, 0.3) is 5.56 Å². The van der Waals surface area contributed by atoms with Gasteiger partial charge in [0.15, 0.2) is 0 Å². The van der Waals surface area contributed by atoms with Crippen LogP contribution < -0.4 is 15.6 Å². The van der Waals surface area contributed by atoms with Gasteiger partial charge in [-0.25, -0.2) is 0 Å². The third kappa shape index (κ3) is 4.98. The first-order chi connectivity index (χ1) is 11.1. The predicted octanol–water partition coefficient (Wildman–Crippen LogP) is 2.97. The highest BCUT2D eigenvalue weighted by molar-refractivity contribution is 5.91. The molecular weight excluding hydrogens is 292 g/mol.